The molecule has 122 valence electrons. The van der Waals surface area contributed by atoms with Crippen LogP contribution >= 0.6 is 0 Å². The van der Waals surface area contributed by atoms with E-state index in [9.17, 15) is 0 Å². The predicted octanol–water partition coefficient (Wildman–Crippen LogP) is 3.24. The summed E-state index contributed by atoms with van der Waals surface area (Å²) >= 11 is 0. The number of methoxy groups -OCH3 is 1. The number of rotatable bonds is 6. The molecule has 2 N–H and O–H groups in total. The van der Waals surface area contributed by atoms with Gasteiger partial charge in [-0.2, -0.15) is 10.1 Å². The highest BCUT2D eigenvalue weighted by atomic mass is 16.5. The highest BCUT2D eigenvalue weighted by molar-refractivity contribution is 5.38. The van der Waals surface area contributed by atoms with E-state index in [1.807, 2.05) is 24.3 Å². The molecule has 2 aromatic rings. The minimum absolute atomic E-state index is 0.509. The van der Waals surface area contributed by atoms with Crippen molar-refractivity contribution in [2.45, 2.75) is 44.7 Å². The van der Waals surface area contributed by atoms with Gasteiger partial charge < -0.3 is 15.4 Å². The molecular formula is C17H23N5O. The number of nitrogens with one attached hydrogen (secondary N) is 2. The fourth-order valence-electron chi connectivity index (χ4n) is 2.83. The summed E-state index contributed by atoms with van der Waals surface area (Å²) in [4.78, 5) is 4.50. The lowest BCUT2D eigenvalue weighted by atomic mass is 9.96. The lowest BCUT2D eigenvalue weighted by molar-refractivity contribution is 0.414. The number of hydrogen-bond donors (Lipinski definition) is 2. The molecule has 0 unspecified atom stereocenters. The molecule has 1 aliphatic rings. The van der Waals surface area contributed by atoms with Gasteiger partial charge in [0, 0.05) is 12.6 Å². The molecule has 0 spiro atoms. The first-order valence-electron chi connectivity index (χ1n) is 8.16. The number of nitrogens with zero attached hydrogens (tertiary/aromatic N) is 3. The molecule has 0 saturated heterocycles. The lowest BCUT2D eigenvalue weighted by Gasteiger charge is -2.23. The molecule has 0 amide bonds. The topological polar surface area (TPSA) is 72.0 Å². The van der Waals surface area contributed by atoms with E-state index in [0.717, 1.165) is 17.1 Å². The van der Waals surface area contributed by atoms with Crippen LogP contribution in [0.3, 0.4) is 0 Å². The Labute approximate surface area is 136 Å². The van der Waals surface area contributed by atoms with Crippen LogP contribution < -0.4 is 15.4 Å². The van der Waals surface area contributed by atoms with Gasteiger partial charge in [0.25, 0.3) is 0 Å². The molecule has 23 heavy (non-hydrogen) atoms. The molecule has 1 saturated carbocycles. The lowest BCUT2D eigenvalue weighted by Crippen LogP contribution is -2.23. The van der Waals surface area contributed by atoms with Crippen LogP contribution in [-0.4, -0.2) is 28.3 Å². The van der Waals surface area contributed by atoms with Crippen molar-refractivity contribution < 1.29 is 4.74 Å². The van der Waals surface area contributed by atoms with Gasteiger partial charge >= 0.3 is 0 Å². The number of ether oxygens (including phenoxy) is 1. The van der Waals surface area contributed by atoms with Gasteiger partial charge in [-0.1, -0.05) is 31.4 Å². The number of hydrogen-bond acceptors (Lipinski definition) is 6. The number of benzene rings is 1. The van der Waals surface area contributed by atoms with Crippen molar-refractivity contribution in [1.29, 1.82) is 0 Å². The van der Waals surface area contributed by atoms with E-state index < -0.39 is 0 Å². The zero-order valence-corrected chi connectivity index (χ0v) is 13.5. The highest BCUT2D eigenvalue weighted by Crippen LogP contribution is 2.20. The van der Waals surface area contributed by atoms with Gasteiger partial charge in [0.15, 0.2) is 5.82 Å². The second-order valence-corrected chi connectivity index (χ2v) is 5.85. The Hall–Kier alpha value is -2.37. The van der Waals surface area contributed by atoms with Gasteiger partial charge in [0.05, 0.1) is 13.3 Å². The van der Waals surface area contributed by atoms with Gasteiger partial charge in [0.2, 0.25) is 5.95 Å². The monoisotopic (exact) mass is 313 g/mol. The predicted molar refractivity (Wildman–Crippen MR) is 90.6 cm³/mol. The molecule has 1 aliphatic carbocycles. The Kier molecular flexibility index (Phi) is 5.24. The van der Waals surface area contributed by atoms with Crippen LogP contribution in [0.4, 0.5) is 11.8 Å². The van der Waals surface area contributed by atoms with E-state index >= 15 is 0 Å². The largest absolute Gasteiger partial charge is 0.497 e. The van der Waals surface area contributed by atoms with Gasteiger partial charge in [-0.25, -0.2) is 0 Å². The Morgan fingerprint density at radius 2 is 1.91 bits per heavy atom. The Morgan fingerprint density at radius 3 is 2.65 bits per heavy atom. The SMILES string of the molecule is COc1ccc(CNc2nncc(NC3CCCCC3)n2)cc1. The maximum Gasteiger partial charge on any atom is 0.244 e. The van der Waals surface area contributed by atoms with Crippen LogP contribution in [0.1, 0.15) is 37.7 Å². The molecule has 0 bridgehead atoms. The highest BCUT2D eigenvalue weighted by Gasteiger charge is 2.13. The van der Waals surface area contributed by atoms with Crippen molar-refractivity contribution in [3.05, 3.63) is 36.0 Å². The van der Waals surface area contributed by atoms with Crippen LogP contribution in [-0.2, 0) is 6.54 Å². The summed E-state index contributed by atoms with van der Waals surface area (Å²) in [5.41, 5.74) is 1.14. The van der Waals surface area contributed by atoms with Gasteiger partial charge in [-0.15, -0.1) is 5.10 Å². The first-order chi connectivity index (χ1) is 11.3. The van der Waals surface area contributed by atoms with Crippen LogP contribution in [0.25, 0.3) is 0 Å². The summed E-state index contributed by atoms with van der Waals surface area (Å²) in [5, 5.41) is 14.8. The van der Waals surface area contributed by atoms with Crippen LogP contribution in [0.5, 0.6) is 5.75 Å². The van der Waals surface area contributed by atoms with E-state index in [0.29, 0.717) is 18.5 Å². The average molecular weight is 313 g/mol. The van der Waals surface area contributed by atoms with Gasteiger partial charge in [-0.3, -0.25) is 0 Å². The number of anilines is 2. The van der Waals surface area contributed by atoms with Crippen LogP contribution in [0.15, 0.2) is 30.5 Å². The molecule has 6 heteroatoms. The fourth-order valence-corrected chi connectivity index (χ4v) is 2.83. The van der Waals surface area contributed by atoms with Crippen molar-refractivity contribution >= 4 is 11.8 Å². The first-order valence-corrected chi connectivity index (χ1v) is 8.16. The molecule has 6 nitrogen and oxygen atoms in total. The van der Waals surface area contributed by atoms with Crippen molar-refractivity contribution in [1.82, 2.24) is 15.2 Å². The third-order valence-corrected chi connectivity index (χ3v) is 4.13. The minimum Gasteiger partial charge on any atom is -0.497 e. The van der Waals surface area contributed by atoms with E-state index in [-0.39, 0.29) is 0 Å². The Bertz CT molecular complexity index is 611. The van der Waals surface area contributed by atoms with Crippen molar-refractivity contribution in [3.63, 3.8) is 0 Å². The zero-order chi connectivity index (χ0) is 15.9. The van der Waals surface area contributed by atoms with Gasteiger partial charge in [0.1, 0.15) is 5.75 Å². The molecule has 0 radical (unpaired) electrons. The average Bonchev–Trinajstić information content (AvgIpc) is 2.62. The standard InChI is InChI=1S/C17H23N5O/c1-23-15-9-7-13(8-10-15)11-18-17-21-16(12-19-22-17)20-14-5-3-2-4-6-14/h7-10,12,14H,2-6,11H2,1H3,(H2,18,20,21,22). The van der Waals surface area contributed by atoms with Gasteiger partial charge in [-0.05, 0) is 30.5 Å². The summed E-state index contributed by atoms with van der Waals surface area (Å²) in [6.07, 6.45) is 8.02. The quantitative estimate of drug-likeness (QED) is 0.853. The Balaban J connectivity index is 1.56. The van der Waals surface area contributed by atoms with E-state index in [4.69, 9.17) is 4.74 Å². The molecule has 3 rings (SSSR count). The molecule has 1 aromatic heterocycles. The third kappa shape index (κ3) is 4.55. The minimum atomic E-state index is 0.509. The summed E-state index contributed by atoms with van der Waals surface area (Å²) in [5.74, 6) is 2.19. The summed E-state index contributed by atoms with van der Waals surface area (Å²) in [6.45, 7) is 0.651. The zero-order valence-electron chi connectivity index (χ0n) is 13.5. The fraction of sp³-hybridized carbons (Fsp3) is 0.471. The Morgan fingerprint density at radius 1 is 1.13 bits per heavy atom. The maximum atomic E-state index is 5.16. The summed E-state index contributed by atoms with van der Waals surface area (Å²) in [7, 11) is 1.66. The maximum absolute atomic E-state index is 5.16. The first kappa shape index (κ1) is 15.5. The molecule has 0 atom stereocenters. The van der Waals surface area contributed by atoms with Crippen molar-refractivity contribution in [2.24, 2.45) is 0 Å². The summed E-state index contributed by atoms with van der Waals surface area (Å²) < 4.78 is 5.16. The van der Waals surface area contributed by atoms with E-state index in [1.165, 1.54) is 32.1 Å². The van der Waals surface area contributed by atoms with Crippen LogP contribution in [0, 0.1) is 0 Å². The third-order valence-electron chi connectivity index (χ3n) is 4.13. The second-order valence-electron chi connectivity index (χ2n) is 5.85. The second kappa shape index (κ2) is 7.76. The molecule has 1 fully saturated rings. The molecular weight excluding hydrogens is 290 g/mol. The normalized spacial score (nSPS) is 15.2. The van der Waals surface area contributed by atoms with E-state index in [2.05, 4.69) is 25.8 Å². The molecule has 1 aromatic carbocycles. The van der Waals surface area contributed by atoms with Crippen LogP contribution in [0.2, 0.25) is 0 Å². The summed E-state index contributed by atoms with van der Waals surface area (Å²) in [6, 6.07) is 8.43. The molecule has 0 aliphatic heterocycles. The van der Waals surface area contributed by atoms with Crippen molar-refractivity contribution in [3.8, 4) is 5.75 Å². The van der Waals surface area contributed by atoms with E-state index in [1.54, 1.807) is 13.3 Å². The van der Waals surface area contributed by atoms with Crippen molar-refractivity contribution in [2.75, 3.05) is 17.7 Å². The molecule has 1 heterocycles. The smallest absolute Gasteiger partial charge is 0.244 e. The number of aromatic nitrogens is 3.